The molecule has 1 fully saturated rings. The molecule has 3 rings (SSSR count). The molecule has 0 aliphatic carbocycles. The predicted molar refractivity (Wildman–Crippen MR) is 101 cm³/mol. The van der Waals surface area contributed by atoms with Crippen LogP contribution < -0.4 is 5.32 Å². The summed E-state index contributed by atoms with van der Waals surface area (Å²) in [7, 11) is -3.62. The van der Waals surface area contributed by atoms with Crippen molar-refractivity contribution in [1.82, 2.24) is 9.62 Å². The maximum atomic E-state index is 12.9. The predicted octanol–water partition coefficient (Wildman–Crippen LogP) is 2.40. The van der Waals surface area contributed by atoms with Gasteiger partial charge in [-0.15, -0.1) is 0 Å². The molecule has 138 valence electrons. The third-order valence-electron chi connectivity index (χ3n) is 4.12. The third-order valence-corrected chi connectivity index (χ3v) is 6.81. The van der Waals surface area contributed by atoms with E-state index in [9.17, 15) is 13.2 Å². The lowest BCUT2D eigenvalue weighted by atomic mass is 10.2. The zero-order valence-corrected chi connectivity index (χ0v) is 16.4. The van der Waals surface area contributed by atoms with Gasteiger partial charge in [-0.3, -0.25) is 4.79 Å². The molecule has 0 spiro atoms. The quantitative estimate of drug-likeness (QED) is 0.777. The van der Waals surface area contributed by atoms with Crippen LogP contribution in [0.2, 0.25) is 0 Å². The minimum Gasteiger partial charge on any atom is -0.379 e. The standard InChI is InChI=1S/C18H19BrN2O4S/c19-16-7-3-2-6-15(16)18(22)20-13-14-5-1-4-8-17(14)26(23,24)21-9-11-25-12-10-21/h1-8H,9-13H2,(H,20,22). The summed E-state index contributed by atoms with van der Waals surface area (Å²) in [4.78, 5) is 12.6. The molecule has 0 saturated carbocycles. The molecule has 6 nitrogen and oxygen atoms in total. The Bertz CT molecular complexity index is 896. The van der Waals surface area contributed by atoms with Crippen LogP contribution >= 0.6 is 15.9 Å². The Morgan fingerprint density at radius 1 is 1.08 bits per heavy atom. The molecular weight excluding hydrogens is 420 g/mol. The van der Waals surface area contributed by atoms with Gasteiger partial charge in [0, 0.05) is 24.1 Å². The van der Waals surface area contributed by atoms with Gasteiger partial charge in [0.1, 0.15) is 0 Å². The van der Waals surface area contributed by atoms with E-state index >= 15 is 0 Å². The van der Waals surface area contributed by atoms with E-state index < -0.39 is 10.0 Å². The van der Waals surface area contributed by atoms with E-state index in [1.54, 1.807) is 42.5 Å². The fraction of sp³-hybridized carbons (Fsp3) is 0.278. The summed E-state index contributed by atoms with van der Waals surface area (Å²) in [5.41, 5.74) is 1.06. The van der Waals surface area contributed by atoms with Gasteiger partial charge in [0.15, 0.2) is 0 Å². The molecule has 26 heavy (non-hydrogen) atoms. The molecule has 2 aromatic rings. The smallest absolute Gasteiger partial charge is 0.252 e. The van der Waals surface area contributed by atoms with E-state index in [1.807, 2.05) is 6.07 Å². The Hall–Kier alpha value is -1.74. The molecule has 1 aliphatic rings. The number of nitrogens with one attached hydrogen (secondary N) is 1. The number of hydrogen-bond acceptors (Lipinski definition) is 4. The van der Waals surface area contributed by atoms with Crippen molar-refractivity contribution in [2.45, 2.75) is 11.4 Å². The summed E-state index contributed by atoms with van der Waals surface area (Å²) >= 11 is 3.35. The second kappa shape index (κ2) is 8.30. The Balaban J connectivity index is 1.79. The lowest BCUT2D eigenvalue weighted by Crippen LogP contribution is -2.41. The van der Waals surface area contributed by atoms with Crippen LogP contribution in [0.1, 0.15) is 15.9 Å². The molecule has 0 unspecified atom stereocenters. The van der Waals surface area contributed by atoms with E-state index in [4.69, 9.17) is 4.74 Å². The average molecular weight is 439 g/mol. The van der Waals surface area contributed by atoms with Gasteiger partial charge in [-0.25, -0.2) is 8.42 Å². The summed E-state index contributed by atoms with van der Waals surface area (Å²) in [6.45, 7) is 1.57. The number of benzene rings is 2. The minimum atomic E-state index is -3.62. The Morgan fingerprint density at radius 2 is 1.73 bits per heavy atom. The highest BCUT2D eigenvalue weighted by atomic mass is 79.9. The summed E-state index contributed by atoms with van der Waals surface area (Å²) in [6, 6.07) is 13.8. The highest BCUT2D eigenvalue weighted by Gasteiger charge is 2.28. The van der Waals surface area contributed by atoms with Gasteiger partial charge in [-0.2, -0.15) is 4.31 Å². The van der Waals surface area contributed by atoms with Gasteiger partial charge in [0.05, 0.1) is 23.7 Å². The van der Waals surface area contributed by atoms with Crippen LogP contribution in [0.5, 0.6) is 0 Å². The number of hydrogen-bond donors (Lipinski definition) is 1. The van der Waals surface area contributed by atoms with Crippen LogP contribution in [0.4, 0.5) is 0 Å². The molecule has 2 aromatic carbocycles. The molecular formula is C18H19BrN2O4S. The van der Waals surface area contributed by atoms with Gasteiger partial charge in [0.2, 0.25) is 10.0 Å². The first kappa shape index (κ1) is 19.0. The van der Waals surface area contributed by atoms with Crippen molar-refractivity contribution in [3.05, 3.63) is 64.1 Å². The maximum Gasteiger partial charge on any atom is 0.252 e. The first-order valence-electron chi connectivity index (χ1n) is 8.18. The van der Waals surface area contributed by atoms with Gasteiger partial charge in [0.25, 0.3) is 5.91 Å². The molecule has 1 aliphatic heterocycles. The Labute approximate surface area is 161 Å². The van der Waals surface area contributed by atoms with Crippen molar-refractivity contribution in [3.8, 4) is 0 Å². The number of ether oxygens (including phenoxy) is 1. The molecule has 0 radical (unpaired) electrons. The number of amides is 1. The highest BCUT2D eigenvalue weighted by molar-refractivity contribution is 9.10. The van der Waals surface area contributed by atoms with Crippen LogP contribution in [0, 0.1) is 0 Å². The monoisotopic (exact) mass is 438 g/mol. The number of halogens is 1. The lowest BCUT2D eigenvalue weighted by Gasteiger charge is -2.27. The van der Waals surface area contributed by atoms with Crippen molar-refractivity contribution in [2.75, 3.05) is 26.3 Å². The second-order valence-corrected chi connectivity index (χ2v) is 8.55. The molecule has 0 atom stereocenters. The van der Waals surface area contributed by atoms with E-state index in [0.717, 1.165) is 0 Å². The van der Waals surface area contributed by atoms with Crippen LogP contribution in [0.15, 0.2) is 57.9 Å². The molecule has 1 saturated heterocycles. The lowest BCUT2D eigenvalue weighted by molar-refractivity contribution is 0.0730. The van der Waals surface area contributed by atoms with Crippen LogP contribution in [-0.2, 0) is 21.3 Å². The molecule has 1 heterocycles. The van der Waals surface area contributed by atoms with Crippen molar-refractivity contribution in [1.29, 1.82) is 0 Å². The first-order valence-corrected chi connectivity index (χ1v) is 10.4. The van der Waals surface area contributed by atoms with Crippen LogP contribution in [-0.4, -0.2) is 44.9 Å². The molecule has 0 aromatic heterocycles. The Morgan fingerprint density at radius 3 is 2.46 bits per heavy atom. The number of carbonyl (C=O) groups excluding carboxylic acids is 1. The minimum absolute atomic E-state index is 0.125. The van der Waals surface area contributed by atoms with Gasteiger partial charge in [-0.05, 0) is 39.7 Å². The highest BCUT2D eigenvalue weighted by Crippen LogP contribution is 2.22. The summed E-state index contributed by atoms with van der Waals surface area (Å²) in [6.07, 6.45) is 0. The number of nitrogens with zero attached hydrogens (tertiary/aromatic N) is 1. The fourth-order valence-corrected chi connectivity index (χ4v) is 4.84. The van der Waals surface area contributed by atoms with E-state index in [0.29, 0.717) is 41.9 Å². The van der Waals surface area contributed by atoms with Gasteiger partial charge >= 0.3 is 0 Å². The van der Waals surface area contributed by atoms with Gasteiger partial charge < -0.3 is 10.1 Å². The van der Waals surface area contributed by atoms with Crippen molar-refractivity contribution in [2.24, 2.45) is 0 Å². The van der Waals surface area contributed by atoms with Gasteiger partial charge in [-0.1, -0.05) is 30.3 Å². The third kappa shape index (κ3) is 4.15. The molecule has 1 N–H and O–H groups in total. The zero-order valence-electron chi connectivity index (χ0n) is 14.0. The number of sulfonamides is 1. The summed E-state index contributed by atoms with van der Waals surface area (Å²) in [5.74, 6) is -0.268. The maximum absolute atomic E-state index is 12.9. The van der Waals surface area contributed by atoms with Crippen LogP contribution in [0.25, 0.3) is 0 Å². The van der Waals surface area contributed by atoms with Crippen molar-refractivity contribution in [3.63, 3.8) is 0 Å². The fourth-order valence-electron chi connectivity index (χ4n) is 2.74. The normalized spacial score (nSPS) is 15.6. The largest absolute Gasteiger partial charge is 0.379 e. The van der Waals surface area contributed by atoms with E-state index in [2.05, 4.69) is 21.2 Å². The molecule has 0 bridgehead atoms. The van der Waals surface area contributed by atoms with Crippen molar-refractivity contribution >= 4 is 31.9 Å². The summed E-state index contributed by atoms with van der Waals surface area (Å²) in [5, 5.41) is 2.79. The summed E-state index contributed by atoms with van der Waals surface area (Å²) < 4.78 is 33.2. The molecule has 8 heteroatoms. The second-order valence-electron chi connectivity index (χ2n) is 5.79. The van der Waals surface area contributed by atoms with Crippen LogP contribution in [0.3, 0.4) is 0 Å². The number of carbonyl (C=O) groups is 1. The average Bonchev–Trinajstić information content (AvgIpc) is 2.67. The Kier molecular flexibility index (Phi) is 6.08. The first-order chi connectivity index (χ1) is 12.5. The number of morpholine rings is 1. The van der Waals surface area contributed by atoms with E-state index in [-0.39, 0.29) is 17.3 Å². The van der Waals surface area contributed by atoms with Crippen molar-refractivity contribution < 1.29 is 17.9 Å². The van der Waals surface area contributed by atoms with E-state index in [1.165, 1.54) is 4.31 Å². The number of rotatable bonds is 5. The SMILES string of the molecule is O=C(NCc1ccccc1S(=O)(=O)N1CCOCC1)c1ccccc1Br. The molecule has 1 amide bonds. The zero-order chi connectivity index (χ0) is 18.6. The topological polar surface area (TPSA) is 75.7 Å².